The first-order valence-electron chi connectivity index (χ1n) is 10.3. The number of alkyl halides is 6. The molecular formula is C24H14BrClF7N3S. The molecule has 0 spiro atoms. The summed E-state index contributed by atoms with van der Waals surface area (Å²) < 4.78 is 95.7. The number of aromatic nitrogens is 2. The summed E-state index contributed by atoms with van der Waals surface area (Å²) in [5, 5.41) is 2.81. The Bertz CT molecular complexity index is 1390. The average molecular weight is 625 g/mol. The molecule has 2 aromatic heterocycles. The van der Waals surface area contributed by atoms with Gasteiger partial charge in [-0.2, -0.15) is 26.3 Å². The molecule has 0 radical (unpaired) electrons. The van der Waals surface area contributed by atoms with Gasteiger partial charge in [-0.3, -0.25) is 4.98 Å². The smallest absolute Gasteiger partial charge is 0.346 e. The maximum atomic E-state index is 14.6. The van der Waals surface area contributed by atoms with Crippen LogP contribution in [0.4, 0.5) is 35.9 Å². The Balaban J connectivity index is 2.01. The summed E-state index contributed by atoms with van der Waals surface area (Å²) in [6.45, 7) is 0. The first-order chi connectivity index (χ1) is 17.3. The van der Waals surface area contributed by atoms with Crippen LogP contribution >= 0.6 is 38.9 Å². The molecule has 0 aliphatic carbocycles. The topological polar surface area (TPSA) is 37.8 Å². The van der Waals surface area contributed by atoms with Crippen molar-refractivity contribution >= 4 is 44.0 Å². The lowest BCUT2D eigenvalue weighted by Gasteiger charge is -2.36. The number of hydrogen-bond acceptors (Lipinski definition) is 4. The highest BCUT2D eigenvalue weighted by Crippen LogP contribution is 2.44. The van der Waals surface area contributed by atoms with E-state index >= 15 is 0 Å². The number of anilines is 1. The zero-order valence-electron chi connectivity index (χ0n) is 18.3. The third-order valence-corrected chi connectivity index (χ3v) is 7.21. The summed E-state index contributed by atoms with van der Waals surface area (Å²) in [5.41, 5.74) is -3.83. The van der Waals surface area contributed by atoms with E-state index in [4.69, 9.17) is 11.6 Å². The lowest BCUT2D eigenvalue weighted by Crippen LogP contribution is -2.40. The lowest BCUT2D eigenvalue weighted by molar-refractivity contribution is -0.141. The van der Waals surface area contributed by atoms with Gasteiger partial charge < -0.3 is 5.32 Å². The number of thiazole rings is 1. The van der Waals surface area contributed by atoms with Crippen molar-refractivity contribution < 1.29 is 30.7 Å². The molecule has 0 fully saturated rings. The third-order valence-electron chi connectivity index (χ3n) is 5.37. The quantitative estimate of drug-likeness (QED) is 0.218. The zero-order valence-corrected chi connectivity index (χ0v) is 21.4. The van der Waals surface area contributed by atoms with Crippen LogP contribution in [0, 0.1) is 5.82 Å². The van der Waals surface area contributed by atoms with E-state index in [1.165, 1.54) is 18.3 Å². The molecule has 1 N–H and O–H groups in total. The SMILES string of the molecule is Fc1cc(C(F)(F)F)cc(C(Cc2ccccc2)(Nc2nc(C(F)(F)F)c(Br)s2)c2ccc(Cl)cn2)c1. The second-order valence-corrected chi connectivity index (χ2v) is 10.7. The highest BCUT2D eigenvalue weighted by Gasteiger charge is 2.42. The van der Waals surface area contributed by atoms with Gasteiger partial charge in [0.1, 0.15) is 15.1 Å². The van der Waals surface area contributed by atoms with E-state index in [1.807, 2.05) is 0 Å². The molecule has 0 aliphatic heterocycles. The maximum Gasteiger partial charge on any atom is 0.435 e. The summed E-state index contributed by atoms with van der Waals surface area (Å²) in [6, 6.07) is 13.2. The van der Waals surface area contributed by atoms with E-state index in [9.17, 15) is 30.7 Å². The molecule has 37 heavy (non-hydrogen) atoms. The zero-order chi connectivity index (χ0) is 27.0. The van der Waals surface area contributed by atoms with Crippen molar-refractivity contribution in [2.45, 2.75) is 24.3 Å². The predicted octanol–water partition coefficient (Wildman–Crippen LogP) is 8.73. The van der Waals surface area contributed by atoms with Gasteiger partial charge in [-0.1, -0.05) is 53.3 Å². The summed E-state index contributed by atoms with van der Waals surface area (Å²) >= 11 is 9.42. The summed E-state index contributed by atoms with van der Waals surface area (Å²) in [5.74, 6) is -1.19. The highest BCUT2D eigenvalue weighted by atomic mass is 79.9. The molecular weight excluding hydrogens is 611 g/mol. The minimum absolute atomic E-state index is 0.0827. The fourth-order valence-electron chi connectivity index (χ4n) is 3.76. The van der Waals surface area contributed by atoms with Gasteiger partial charge in [-0.05, 0) is 57.4 Å². The minimum Gasteiger partial charge on any atom is -0.346 e. The summed E-state index contributed by atoms with van der Waals surface area (Å²) in [6.07, 6.45) is -8.57. The van der Waals surface area contributed by atoms with Crippen LogP contribution in [-0.2, 0) is 24.3 Å². The first-order valence-corrected chi connectivity index (χ1v) is 12.3. The van der Waals surface area contributed by atoms with Gasteiger partial charge in [0, 0.05) is 12.6 Å². The van der Waals surface area contributed by atoms with Crippen LogP contribution < -0.4 is 5.32 Å². The molecule has 194 valence electrons. The van der Waals surface area contributed by atoms with Crippen molar-refractivity contribution in [1.29, 1.82) is 0 Å². The molecule has 0 amide bonds. The third kappa shape index (κ3) is 6.07. The van der Waals surface area contributed by atoms with Crippen LogP contribution in [0.5, 0.6) is 0 Å². The molecule has 1 atom stereocenters. The second-order valence-electron chi connectivity index (χ2n) is 7.92. The van der Waals surface area contributed by atoms with E-state index < -0.39 is 35.0 Å². The van der Waals surface area contributed by atoms with Crippen molar-refractivity contribution in [3.8, 4) is 0 Å². The van der Waals surface area contributed by atoms with Crippen LogP contribution in [0.3, 0.4) is 0 Å². The maximum absolute atomic E-state index is 14.6. The number of rotatable bonds is 6. The Hall–Kier alpha value is -2.70. The monoisotopic (exact) mass is 623 g/mol. The van der Waals surface area contributed by atoms with Crippen LogP contribution in [0.15, 0.2) is 70.6 Å². The highest BCUT2D eigenvalue weighted by molar-refractivity contribution is 9.11. The van der Waals surface area contributed by atoms with Gasteiger partial charge in [0.25, 0.3) is 0 Å². The molecule has 0 bridgehead atoms. The number of pyridine rings is 1. The van der Waals surface area contributed by atoms with Crippen LogP contribution in [0.25, 0.3) is 0 Å². The van der Waals surface area contributed by atoms with Crippen LogP contribution in [0.2, 0.25) is 5.02 Å². The van der Waals surface area contributed by atoms with Crippen LogP contribution in [0.1, 0.15) is 28.1 Å². The standard InChI is InChI=1S/C24H14BrClF7N3S/c25-20-19(24(31,32)33)35-21(37-20)36-22(11-13-4-2-1-3-5-13,18-7-6-16(26)12-34-18)14-8-15(23(28,29)30)10-17(27)9-14/h1-10,12H,11H2,(H,35,36). The fraction of sp³-hybridized carbons (Fsp3) is 0.167. The number of benzene rings is 2. The average Bonchev–Trinajstić information content (AvgIpc) is 3.19. The van der Waals surface area contributed by atoms with Crippen molar-refractivity contribution in [2.75, 3.05) is 5.32 Å². The Morgan fingerprint density at radius 3 is 2.14 bits per heavy atom. The van der Waals surface area contributed by atoms with E-state index in [0.29, 0.717) is 23.0 Å². The van der Waals surface area contributed by atoms with E-state index in [1.54, 1.807) is 30.3 Å². The largest absolute Gasteiger partial charge is 0.435 e. The van der Waals surface area contributed by atoms with Gasteiger partial charge in [-0.25, -0.2) is 9.37 Å². The molecule has 0 saturated heterocycles. The van der Waals surface area contributed by atoms with E-state index in [-0.39, 0.29) is 31.6 Å². The Morgan fingerprint density at radius 1 is 0.892 bits per heavy atom. The molecule has 0 aliphatic rings. The number of nitrogens with zero attached hydrogens (tertiary/aromatic N) is 2. The molecule has 3 nitrogen and oxygen atoms in total. The van der Waals surface area contributed by atoms with Crippen LogP contribution in [-0.4, -0.2) is 9.97 Å². The van der Waals surface area contributed by atoms with E-state index in [2.05, 4.69) is 31.2 Å². The fourth-order valence-corrected chi connectivity index (χ4v) is 5.44. The van der Waals surface area contributed by atoms with Gasteiger partial charge in [0.2, 0.25) is 0 Å². The summed E-state index contributed by atoms with van der Waals surface area (Å²) in [4.78, 5) is 7.90. The molecule has 4 aromatic rings. The normalized spacial score (nSPS) is 13.9. The molecule has 1 unspecified atom stereocenters. The van der Waals surface area contributed by atoms with Gasteiger partial charge in [0.05, 0.1) is 16.3 Å². The molecule has 0 saturated carbocycles. The van der Waals surface area contributed by atoms with Gasteiger partial charge in [0.15, 0.2) is 10.8 Å². The van der Waals surface area contributed by atoms with Gasteiger partial charge >= 0.3 is 12.4 Å². The Labute approximate surface area is 223 Å². The number of halogens is 9. The Morgan fingerprint density at radius 2 is 1.57 bits per heavy atom. The van der Waals surface area contributed by atoms with Crippen molar-refractivity contribution in [3.63, 3.8) is 0 Å². The van der Waals surface area contributed by atoms with Crippen molar-refractivity contribution in [2.24, 2.45) is 0 Å². The molecule has 13 heteroatoms. The van der Waals surface area contributed by atoms with Crippen molar-refractivity contribution in [3.05, 3.63) is 110 Å². The first kappa shape index (κ1) is 27.3. The molecule has 4 rings (SSSR count). The second kappa shape index (κ2) is 10.2. The van der Waals surface area contributed by atoms with Crippen molar-refractivity contribution in [1.82, 2.24) is 9.97 Å². The number of nitrogens with one attached hydrogen (secondary N) is 1. The van der Waals surface area contributed by atoms with Gasteiger partial charge in [-0.15, -0.1) is 0 Å². The molecule has 2 heterocycles. The number of hydrogen-bond donors (Lipinski definition) is 1. The lowest BCUT2D eigenvalue weighted by atomic mass is 9.80. The molecule has 2 aromatic carbocycles. The minimum atomic E-state index is -4.89. The summed E-state index contributed by atoms with van der Waals surface area (Å²) in [7, 11) is 0. The Kier molecular flexibility index (Phi) is 7.55. The van der Waals surface area contributed by atoms with E-state index in [0.717, 1.165) is 12.1 Å². The predicted molar refractivity (Wildman–Crippen MR) is 130 cm³/mol.